The minimum atomic E-state index is -0.490. The highest BCUT2D eigenvalue weighted by Gasteiger charge is 2.12. The summed E-state index contributed by atoms with van der Waals surface area (Å²) in [4.78, 5) is 14.1. The van der Waals surface area contributed by atoms with E-state index < -0.39 is 4.92 Å². The number of non-ortho nitro benzene ring substituents is 1. The molecular weight excluding hydrogens is 236 g/mol. The van der Waals surface area contributed by atoms with Gasteiger partial charge in [0.1, 0.15) is 5.75 Å². The first kappa shape index (κ1) is 11.8. The molecule has 0 aliphatic heterocycles. The molecular formula is C12H10N2O4. The lowest BCUT2D eigenvalue weighted by molar-refractivity contribution is -0.384. The Morgan fingerprint density at radius 2 is 2.11 bits per heavy atom. The van der Waals surface area contributed by atoms with Crippen molar-refractivity contribution in [3.63, 3.8) is 0 Å². The average molecular weight is 246 g/mol. The van der Waals surface area contributed by atoms with Crippen molar-refractivity contribution in [1.29, 1.82) is 0 Å². The Balaban J connectivity index is 2.31. The smallest absolute Gasteiger partial charge is 0.273 e. The van der Waals surface area contributed by atoms with Crippen molar-refractivity contribution in [2.75, 3.05) is 7.11 Å². The van der Waals surface area contributed by atoms with Gasteiger partial charge in [-0.25, -0.2) is 0 Å². The molecule has 0 aliphatic carbocycles. The van der Waals surface area contributed by atoms with E-state index in [1.54, 1.807) is 24.5 Å². The second-order valence-corrected chi connectivity index (χ2v) is 3.38. The van der Waals surface area contributed by atoms with Gasteiger partial charge in [0.2, 0.25) is 0 Å². The topological polar surface area (TPSA) is 74.5 Å². The maximum atomic E-state index is 10.6. The molecule has 1 heterocycles. The van der Waals surface area contributed by atoms with E-state index in [-0.39, 0.29) is 5.69 Å². The zero-order valence-corrected chi connectivity index (χ0v) is 9.57. The van der Waals surface area contributed by atoms with Crippen LogP contribution < -0.4 is 9.47 Å². The highest BCUT2D eigenvalue weighted by molar-refractivity contribution is 5.49. The number of hydrogen-bond acceptors (Lipinski definition) is 5. The van der Waals surface area contributed by atoms with Crippen molar-refractivity contribution < 1.29 is 14.4 Å². The van der Waals surface area contributed by atoms with Gasteiger partial charge < -0.3 is 9.47 Å². The Morgan fingerprint density at radius 1 is 1.28 bits per heavy atom. The molecule has 0 aliphatic rings. The van der Waals surface area contributed by atoms with Crippen molar-refractivity contribution in [2.24, 2.45) is 0 Å². The van der Waals surface area contributed by atoms with Gasteiger partial charge in [-0.2, -0.15) is 0 Å². The van der Waals surface area contributed by atoms with E-state index in [2.05, 4.69) is 4.98 Å². The number of ether oxygens (including phenoxy) is 2. The van der Waals surface area contributed by atoms with Gasteiger partial charge in [0.25, 0.3) is 5.69 Å². The average Bonchev–Trinajstić information content (AvgIpc) is 2.40. The molecule has 2 aromatic rings. The van der Waals surface area contributed by atoms with E-state index in [9.17, 15) is 10.1 Å². The number of nitro groups is 1. The SMILES string of the molecule is COc1cc([N+](=O)[O-])ccc1Oc1cccnc1. The van der Waals surface area contributed by atoms with Gasteiger partial charge in [-0.1, -0.05) is 0 Å². The maximum Gasteiger partial charge on any atom is 0.273 e. The van der Waals surface area contributed by atoms with Crippen molar-refractivity contribution in [3.05, 3.63) is 52.8 Å². The Kier molecular flexibility index (Phi) is 3.38. The maximum absolute atomic E-state index is 10.6. The van der Waals surface area contributed by atoms with Crippen LogP contribution in [-0.2, 0) is 0 Å². The van der Waals surface area contributed by atoms with Crippen LogP contribution in [-0.4, -0.2) is 17.0 Å². The van der Waals surface area contributed by atoms with Gasteiger partial charge in [0.05, 0.1) is 24.3 Å². The van der Waals surface area contributed by atoms with Crippen molar-refractivity contribution in [1.82, 2.24) is 4.98 Å². The molecule has 2 rings (SSSR count). The Bertz CT molecular complexity index is 557. The first-order valence-corrected chi connectivity index (χ1v) is 5.11. The van der Waals surface area contributed by atoms with Crippen molar-refractivity contribution in [2.45, 2.75) is 0 Å². The van der Waals surface area contributed by atoms with E-state index in [4.69, 9.17) is 9.47 Å². The number of rotatable bonds is 4. The van der Waals surface area contributed by atoms with Crippen LogP contribution in [0.4, 0.5) is 5.69 Å². The minimum Gasteiger partial charge on any atom is -0.493 e. The van der Waals surface area contributed by atoms with Gasteiger partial charge in [-0.3, -0.25) is 15.1 Å². The normalized spacial score (nSPS) is 9.83. The number of pyridine rings is 1. The van der Waals surface area contributed by atoms with Gasteiger partial charge in [0, 0.05) is 12.3 Å². The minimum absolute atomic E-state index is 0.0506. The summed E-state index contributed by atoms with van der Waals surface area (Å²) < 4.78 is 10.6. The van der Waals surface area contributed by atoms with Gasteiger partial charge in [-0.15, -0.1) is 0 Å². The summed E-state index contributed by atoms with van der Waals surface area (Å²) >= 11 is 0. The van der Waals surface area contributed by atoms with Crippen LogP contribution in [0.25, 0.3) is 0 Å². The number of nitro benzene ring substituents is 1. The fraction of sp³-hybridized carbons (Fsp3) is 0.0833. The third-order valence-corrected chi connectivity index (χ3v) is 2.22. The molecule has 92 valence electrons. The summed E-state index contributed by atoms with van der Waals surface area (Å²) in [6.07, 6.45) is 3.17. The van der Waals surface area contributed by atoms with Gasteiger partial charge in [-0.05, 0) is 18.2 Å². The third kappa shape index (κ3) is 2.54. The van der Waals surface area contributed by atoms with Crippen LogP contribution in [0.1, 0.15) is 0 Å². The Morgan fingerprint density at radius 3 is 2.72 bits per heavy atom. The lowest BCUT2D eigenvalue weighted by Crippen LogP contribution is -1.93. The fourth-order valence-electron chi connectivity index (χ4n) is 1.39. The molecule has 0 unspecified atom stereocenters. The predicted octanol–water partition coefficient (Wildman–Crippen LogP) is 2.79. The van der Waals surface area contributed by atoms with Crippen LogP contribution in [0, 0.1) is 10.1 Å². The molecule has 0 saturated heterocycles. The molecule has 0 radical (unpaired) electrons. The molecule has 6 nitrogen and oxygen atoms in total. The molecule has 6 heteroatoms. The highest BCUT2D eigenvalue weighted by Crippen LogP contribution is 2.34. The summed E-state index contributed by atoms with van der Waals surface area (Å²) in [5.41, 5.74) is -0.0506. The molecule has 1 aromatic heterocycles. The second-order valence-electron chi connectivity index (χ2n) is 3.38. The first-order chi connectivity index (χ1) is 8.70. The molecule has 0 bridgehead atoms. The molecule has 1 aromatic carbocycles. The van der Waals surface area contributed by atoms with Crippen LogP contribution in [0.15, 0.2) is 42.7 Å². The van der Waals surface area contributed by atoms with E-state index >= 15 is 0 Å². The van der Waals surface area contributed by atoms with E-state index in [1.807, 2.05) is 0 Å². The number of methoxy groups -OCH3 is 1. The van der Waals surface area contributed by atoms with Crippen molar-refractivity contribution in [3.8, 4) is 17.2 Å². The summed E-state index contributed by atoms with van der Waals surface area (Å²) in [5, 5.41) is 10.6. The zero-order valence-electron chi connectivity index (χ0n) is 9.57. The van der Waals surface area contributed by atoms with Gasteiger partial charge >= 0.3 is 0 Å². The largest absolute Gasteiger partial charge is 0.493 e. The first-order valence-electron chi connectivity index (χ1n) is 5.11. The standard InChI is InChI=1S/C12H10N2O4/c1-17-12-7-9(14(15)16)4-5-11(12)18-10-3-2-6-13-8-10/h2-8H,1H3. The third-order valence-electron chi connectivity index (χ3n) is 2.22. The summed E-state index contributed by atoms with van der Waals surface area (Å²) in [7, 11) is 1.43. The summed E-state index contributed by atoms with van der Waals surface area (Å²) in [5.74, 6) is 1.23. The zero-order chi connectivity index (χ0) is 13.0. The number of aromatic nitrogens is 1. The summed E-state index contributed by atoms with van der Waals surface area (Å²) in [6.45, 7) is 0. The quantitative estimate of drug-likeness (QED) is 0.612. The summed E-state index contributed by atoms with van der Waals surface area (Å²) in [6, 6.07) is 7.62. The lowest BCUT2D eigenvalue weighted by atomic mass is 10.3. The fourth-order valence-corrected chi connectivity index (χ4v) is 1.39. The number of hydrogen-bond donors (Lipinski definition) is 0. The molecule has 0 saturated carbocycles. The Labute approximate surface area is 103 Å². The molecule has 0 N–H and O–H groups in total. The van der Waals surface area contributed by atoms with Gasteiger partial charge in [0.15, 0.2) is 11.5 Å². The molecule has 0 fully saturated rings. The van der Waals surface area contributed by atoms with Crippen molar-refractivity contribution >= 4 is 5.69 Å². The van der Waals surface area contributed by atoms with E-state index in [1.165, 1.54) is 25.3 Å². The molecule has 0 atom stereocenters. The number of benzene rings is 1. The second kappa shape index (κ2) is 5.13. The van der Waals surface area contributed by atoms with Crippen LogP contribution in [0.2, 0.25) is 0 Å². The van der Waals surface area contributed by atoms with Crippen LogP contribution in [0.3, 0.4) is 0 Å². The lowest BCUT2D eigenvalue weighted by Gasteiger charge is -2.09. The van der Waals surface area contributed by atoms with Crippen LogP contribution >= 0.6 is 0 Å². The molecule has 0 spiro atoms. The molecule has 18 heavy (non-hydrogen) atoms. The predicted molar refractivity (Wildman–Crippen MR) is 64.0 cm³/mol. The number of nitrogens with zero attached hydrogens (tertiary/aromatic N) is 2. The molecule has 0 amide bonds. The van der Waals surface area contributed by atoms with E-state index in [0.29, 0.717) is 17.2 Å². The van der Waals surface area contributed by atoms with E-state index in [0.717, 1.165) is 0 Å². The van der Waals surface area contributed by atoms with Crippen LogP contribution in [0.5, 0.6) is 17.2 Å². The Hall–Kier alpha value is -2.63. The monoisotopic (exact) mass is 246 g/mol. The highest BCUT2D eigenvalue weighted by atomic mass is 16.6.